The molecular formula is C28H29F6N7O2. The highest BCUT2D eigenvalue weighted by Gasteiger charge is 2.46. The number of rotatable bonds is 8. The van der Waals surface area contributed by atoms with E-state index in [1.54, 1.807) is 22.9 Å². The number of nitrogens with zero attached hydrogens (tertiary/aromatic N) is 5. The molecule has 1 aliphatic carbocycles. The number of hydrogen-bond acceptors (Lipinski definition) is 6. The lowest BCUT2D eigenvalue weighted by Crippen LogP contribution is -2.46. The smallest absolute Gasteiger partial charge is 0.379 e. The normalized spacial score (nSPS) is 21.2. The van der Waals surface area contributed by atoms with Crippen LogP contribution in [0.2, 0.25) is 0 Å². The van der Waals surface area contributed by atoms with Gasteiger partial charge in [0.15, 0.2) is 0 Å². The lowest BCUT2D eigenvalue weighted by molar-refractivity contribution is -0.139. The molecule has 2 N–H and O–H groups in total. The fourth-order valence-corrected chi connectivity index (χ4v) is 5.67. The number of fused-ring (bicyclic) bond motifs is 1. The molecule has 4 aromatic rings. The number of amides is 1. The number of alkyl halides is 6. The Hall–Kier alpha value is -4.01. The molecule has 0 bridgehead atoms. The summed E-state index contributed by atoms with van der Waals surface area (Å²) in [6, 6.07) is 6.96. The number of nitrogens with one attached hydrogen (secondary N) is 2. The van der Waals surface area contributed by atoms with Gasteiger partial charge in [0.2, 0.25) is 11.7 Å². The summed E-state index contributed by atoms with van der Waals surface area (Å²) in [6.07, 6.45) is -2.72. The van der Waals surface area contributed by atoms with Crippen LogP contribution in [-0.2, 0) is 13.1 Å². The average molecular weight is 610 g/mol. The van der Waals surface area contributed by atoms with Gasteiger partial charge in [0.1, 0.15) is 12.7 Å². The van der Waals surface area contributed by atoms with Crippen LogP contribution in [0.5, 0.6) is 0 Å². The van der Waals surface area contributed by atoms with Gasteiger partial charge >= 0.3 is 6.18 Å². The maximum absolute atomic E-state index is 14.7. The van der Waals surface area contributed by atoms with E-state index in [0.717, 1.165) is 4.57 Å². The van der Waals surface area contributed by atoms with Crippen molar-refractivity contribution in [1.29, 1.82) is 0 Å². The number of carbonyl (C=O) groups is 1. The SMILES string of the molecule is CN1CC[C@@H](Nc2cccc3c2cc(-c2noc(CNC(=O)c4ccn(C5CC(F)(F)C5)c4)n2)n3CC(F)(F)F)[C@@H](F)C1. The lowest BCUT2D eigenvalue weighted by atomic mass is 9.88. The molecule has 1 aromatic carbocycles. The molecule has 4 heterocycles. The highest BCUT2D eigenvalue weighted by Crippen LogP contribution is 2.45. The number of anilines is 1. The molecule has 43 heavy (non-hydrogen) atoms. The molecule has 230 valence electrons. The van der Waals surface area contributed by atoms with Crippen molar-refractivity contribution < 1.29 is 35.7 Å². The van der Waals surface area contributed by atoms with Crippen molar-refractivity contribution in [2.24, 2.45) is 0 Å². The van der Waals surface area contributed by atoms with Gasteiger partial charge < -0.3 is 29.2 Å². The van der Waals surface area contributed by atoms with Crippen LogP contribution in [0.3, 0.4) is 0 Å². The van der Waals surface area contributed by atoms with Crippen LogP contribution in [-0.4, -0.2) is 74.5 Å². The molecule has 0 spiro atoms. The highest BCUT2D eigenvalue weighted by atomic mass is 19.4. The molecule has 2 fully saturated rings. The number of benzene rings is 1. The van der Waals surface area contributed by atoms with Gasteiger partial charge in [-0.3, -0.25) is 4.79 Å². The number of likely N-dealkylation sites (tertiary alicyclic amines) is 1. The monoisotopic (exact) mass is 609 g/mol. The first-order valence-electron chi connectivity index (χ1n) is 13.8. The third-order valence-corrected chi connectivity index (χ3v) is 7.93. The van der Waals surface area contributed by atoms with Crippen LogP contribution >= 0.6 is 0 Å². The van der Waals surface area contributed by atoms with Crippen LogP contribution in [0.25, 0.3) is 22.4 Å². The van der Waals surface area contributed by atoms with E-state index in [1.165, 1.54) is 24.4 Å². The van der Waals surface area contributed by atoms with Crippen molar-refractivity contribution >= 4 is 22.5 Å². The van der Waals surface area contributed by atoms with E-state index >= 15 is 0 Å². The highest BCUT2D eigenvalue weighted by molar-refractivity contribution is 5.96. The molecule has 2 atom stereocenters. The second-order valence-corrected chi connectivity index (χ2v) is 11.2. The second kappa shape index (κ2) is 10.9. The van der Waals surface area contributed by atoms with Gasteiger partial charge in [-0.15, -0.1) is 0 Å². The third-order valence-electron chi connectivity index (χ3n) is 7.93. The fraction of sp³-hybridized carbons (Fsp3) is 0.464. The van der Waals surface area contributed by atoms with Crippen LogP contribution in [0.1, 0.15) is 41.6 Å². The van der Waals surface area contributed by atoms with Crippen molar-refractivity contribution in [3.8, 4) is 11.5 Å². The largest absolute Gasteiger partial charge is 0.406 e. The van der Waals surface area contributed by atoms with E-state index in [2.05, 4.69) is 20.8 Å². The fourth-order valence-electron chi connectivity index (χ4n) is 5.67. The van der Waals surface area contributed by atoms with E-state index in [9.17, 15) is 31.1 Å². The van der Waals surface area contributed by atoms with Crippen LogP contribution in [0.4, 0.5) is 32.0 Å². The van der Waals surface area contributed by atoms with Gasteiger partial charge in [-0.1, -0.05) is 11.2 Å². The maximum Gasteiger partial charge on any atom is 0.406 e. The van der Waals surface area contributed by atoms with Crippen molar-refractivity contribution in [2.75, 3.05) is 25.5 Å². The summed E-state index contributed by atoms with van der Waals surface area (Å²) in [7, 11) is 1.83. The van der Waals surface area contributed by atoms with Gasteiger partial charge in [0.25, 0.3) is 11.8 Å². The quantitative estimate of drug-likeness (QED) is 0.260. The van der Waals surface area contributed by atoms with Crippen LogP contribution < -0.4 is 10.6 Å². The Kier molecular flexibility index (Phi) is 7.39. The summed E-state index contributed by atoms with van der Waals surface area (Å²) in [5, 5.41) is 10.1. The molecule has 0 unspecified atom stereocenters. The van der Waals surface area contributed by atoms with E-state index in [0.29, 0.717) is 24.0 Å². The predicted octanol–water partition coefficient (Wildman–Crippen LogP) is 5.41. The number of hydrogen-bond donors (Lipinski definition) is 2. The van der Waals surface area contributed by atoms with E-state index in [-0.39, 0.29) is 60.5 Å². The Bertz CT molecular complexity index is 1620. The standard InChI is InChI=1S/C28H29F6N7O2/c1-39-7-6-21(19(29)14-39)36-20-3-2-4-22-18(20)9-23(41(22)15-28(32,33)34)25-37-24(43-38-25)12-35-26(42)16-5-8-40(13-16)17-10-27(30,31)11-17/h2-5,8-9,13,17,19,21,36H,6-7,10-12,14-15H2,1H3,(H,35,42)/t19-,21+/m0/s1. The molecule has 3 aromatic heterocycles. The van der Waals surface area contributed by atoms with Crippen molar-refractivity contribution in [3.63, 3.8) is 0 Å². The number of piperidine rings is 1. The molecule has 1 amide bonds. The Balaban J connectivity index is 1.21. The minimum Gasteiger partial charge on any atom is -0.379 e. The Morgan fingerprint density at radius 3 is 2.72 bits per heavy atom. The topological polar surface area (TPSA) is 93.2 Å². The molecule has 2 aliphatic rings. The van der Waals surface area contributed by atoms with Crippen molar-refractivity contribution in [1.82, 2.24) is 29.5 Å². The zero-order valence-electron chi connectivity index (χ0n) is 23.0. The van der Waals surface area contributed by atoms with E-state index < -0.39 is 36.8 Å². The van der Waals surface area contributed by atoms with Gasteiger partial charge in [-0.05, 0) is 37.7 Å². The minimum absolute atomic E-state index is 0.0393. The summed E-state index contributed by atoms with van der Waals surface area (Å²) in [5.41, 5.74) is 1.04. The predicted molar refractivity (Wildman–Crippen MR) is 145 cm³/mol. The van der Waals surface area contributed by atoms with E-state index in [1.807, 2.05) is 11.9 Å². The summed E-state index contributed by atoms with van der Waals surface area (Å²) in [4.78, 5) is 18.7. The summed E-state index contributed by atoms with van der Waals surface area (Å²) < 4.78 is 89.9. The first-order valence-corrected chi connectivity index (χ1v) is 13.8. The molecule has 1 saturated carbocycles. The Morgan fingerprint density at radius 2 is 2.00 bits per heavy atom. The van der Waals surface area contributed by atoms with Crippen molar-refractivity contribution in [3.05, 3.63) is 54.2 Å². The molecule has 9 nitrogen and oxygen atoms in total. The third kappa shape index (κ3) is 6.21. The van der Waals surface area contributed by atoms with Gasteiger partial charge in [0, 0.05) is 55.4 Å². The zero-order valence-corrected chi connectivity index (χ0v) is 23.0. The molecule has 6 rings (SSSR count). The molecule has 15 heteroatoms. The summed E-state index contributed by atoms with van der Waals surface area (Å²) in [6.45, 7) is -0.595. The summed E-state index contributed by atoms with van der Waals surface area (Å²) in [5.74, 6) is -3.36. The Morgan fingerprint density at radius 1 is 1.21 bits per heavy atom. The number of aromatic nitrogens is 4. The zero-order chi connectivity index (χ0) is 30.5. The van der Waals surface area contributed by atoms with Crippen LogP contribution in [0, 0.1) is 0 Å². The average Bonchev–Trinajstić information content (AvgIpc) is 3.66. The van der Waals surface area contributed by atoms with Crippen molar-refractivity contribution in [2.45, 2.75) is 62.7 Å². The number of halogens is 6. The molecule has 1 saturated heterocycles. The van der Waals surface area contributed by atoms with Gasteiger partial charge in [0.05, 0.1) is 29.4 Å². The molecule has 1 aliphatic heterocycles. The van der Waals surface area contributed by atoms with Gasteiger partial charge in [-0.25, -0.2) is 13.2 Å². The second-order valence-electron chi connectivity index (χ2n) is 11.2. The maximum atomic E-state index is 14.7. The first kappa shape index (κ1) is 29.1. The number of carbonyl (C=O) groups excluding carboxylic acids is 1. The lowest BCUT2D eigenvalue weighted by Gasteiger charge is -2.35. The van der Waals surface area contributed by atoms with E-state index in [4.69, 9.17) is 4.52 Å². The molecule has 0 radical (unpaired) electrons. The molecular weight excluding hydrogens is 580 g/mol. The Labute approximate surface area is 241 Å². The minimum atomic E-state index is -4.56. The van der Waals surface area contributed by atoms with Gasteiger partial charge in [-0.2, -0.15) is 18.2 Å². The van der Waals surface area contributed by atoms with Crippen LogP contribution in [0.15, 0.2) is 47.2 Å². The summed E-state index contributed by atoms with van der Waals surface area (Å²) >= 11 is 0. The first-order chi connectivity index (χ1) is 20.3.